The standard InChI is InChI=1S/C31H62O2/c1-3-5-7-8-9-10-11-12-13-14-15-16-17-18-19-20-21-22-23-24-25-26-28-30-33-31(32)29-27-6-4-2/h3-30H2,1-2H3. The third-order valence-electron chi connectivity index (χ3n) is 7.00. The lowest BCUT2D eigenvalue weighted by Crippen LogP contribution is -2.05. The smallest absolute Gasteiger partial charge is 0.305 e. The maximum Gasteiger partial charge on any atom is 0.305 e. The Morgan fingerprint density at radius 2 is 0.667 bits per heavy atom. The lowest BCUT2D eigenvalue weighted by atomic mass is 10.0. The fourth-order valence-corrected chi connectivity index (χ4v) is 4.67. The molecule has 0 aromatic heterocycles. The van der Waals surface area contributed by atoms with Gasteiger partial charge in [-0.1, -0.05) is 168 Å². The van der Waals surface area contributed by atoms with E-state index in [1.165, 1.54) is 141 Å². The first kappa shape index (κ1) is 32.5. The molecule has 0 fully saturated rings. The number of rotatable bonds is 28. The number of ether oxygens (including phenoxy) is 1. The summed E-state index contributed by atoms with van der Waals surface area (Å²) in [5.74, 6) is 0.00209. The SMILES string of the molecule is CCCCCCCCCCCCCCCCCCCCCCCCCOC(=O)CCCCC. The van der Waals surface area contributed by atoms with E-state index in [2.05, 4.69) is 13.8 Å². The molecule has 0 aromatic rings. The molecule has 0 rings (SSSR count). The van der Waals surface area contributed by atoms with Crippen LogP contribution >= 0.6 is 0 Å². The van der Waals surface area contributed by atoms with Crippen LogP contribution in [0.25, 0.3) is 0 Å². The Labute approximate surface area is 209 Å². The van der Waals surface area contributed by atoms with E-state index in [1.54, 1.807) is 0 Å². The topological polar surface area (TPSA) is 26.3 Å². The second kappa shape index (κ2) is 29.5. The molecule has 0 atom stereocenters. The molecule has 0 aliphatic carbocycles. The summed E-state index contributed by atoms with van der Waals surface area (Å²) in [4.78, 5) is 11.5. The van der Waals surface area contributed by atoms with Crippen LogP contribution in [0, 0.1) is 0 Å². The van der Waals surface area contributed by atoms with Gasteiger partial charge in [-0.15, -0.1) is 0 Å². The lowest BCUT2D eigenvalue weighted by Gasteiger charge is -2.05. The highest BCUT2D eigenvalue weighted by Crippen LogP contribution is 2.15. The minimum Gasteiger partial charge on any atom is -0.466 e. The summed E-state index contributed by atoms with van der Waals surface area (Å²) < 4.78 is 5.30. The van der Waals surface area contributed by atoms with Crippen LogP contribution in [0.15, 0.2) is 0 Å². The average Bonchev–Trinajstić information content (AvgIpc) is 2.82. The Morgan fingerprint density at radius 1 is 0.394 bits per heavy atom. The van der Waals surface area contributed by atoms with Gasteiger partial charge in [0.1, 0.15) is 0 Å². The van der Waals surface area contributed by atoms with Crippen molar-refractivity contribution < 1.29 is 9.53 Å². The van der Waals surface area contributed by atoms with Gasteiger partial charge in [-0.2, -0.15) is 0 Å². The molecule has 2 heteroatoms. The quantitative estimate of drug-likeness (QED) is 0.0846. The predicted molar refractivity (Wildman–Crippen MR) is 147 cm³/mol. The summed E-state index contributed by atoms with van der Waals surface area (Å²) in [5, 5.41) is 0. The summed E-state index contributed by atoms with van der Waals surface area (Å²) in [5.41, 5.74) is 0. The fourth-order valence-electron chi connectivity index (χ4n) is 4.67. The molecule has 0 unspecified atom stereocenters. The third-order valence-corrected chi connectivity index (χ3v) is 7.00. The zero-order chi connectivity index (χ0) is 24.1. The van der Waals surface area contributed by atoms with Gasteiger partial charge in [-0.3, -0.25) is 4.79 Å². The monoisotopic (exact) mass is 466 g/mol. The minimum atomic E-state index is 0.00209. The van der Waals surface area contributed by atoms with E-state index in [9.17, 15) is 4.79 Å². The van der Waals surface area contributed by atoms with Crippen molar-refractivity contribution in [3.63, 3.8) is 0 Å². The Morgan fingerprint density at radius 3 is 1.00 bits per heavy atom. The lowest BCUT2D eigenvalue weighted by molar-refractivity contribution is -0.143. The normalized spacial score (nSPS) is 11.2. The Hall–Kier alpha value is -0.530. The Balaban J connectivity index is 3.06. The van der Waals surface area contributed by atoms with Crippen molar-refractivity contribution in [3.05, 3.63) is 0 Å². The van der Waals surface area contributed by atoms with Crippen LogP contribution in [0.5, 0.6) is 0 Å². The van der Waals surface area contributed by atoms with E-state index in [-0.39, 0.29) is 5.97 Å². The first-order valence-corrected chi connectivity index (χ1v) is 15.5. The molecule has 0 N–H and O–H groups in total. The Kier molecular flexibility index (Phi) is 29.0. The van der Waals surface area contributed by atoms with Crippen LogP contribution in [0.4, 0.5) is 0 Å². The average molecular weight is 467 g/mol. The van der Waals surface area contributed by atoms with E-state index in [1.807, 2.05) is 0 Å². The van der Waals surface area contributed by atoms with Crippen molar-refractivity contribution in [2.45, 2.75) is 187 Å². The number of carbonyl (C=O) groups is 1. The largest absolute Gasteiger partial charge is 0.466 e. The van der Waals surface area contributed by atoms with E-state index in [4.69, 9.17) is 4.74 Å². The van der Waals surface area contributed by atoms with Crippen LogP contribution in [0.1, 0.15) is 187 Å². The van der Waals surface area contributed by atoms with E-state index >= 15 is 0 Å². The van der Waals surface area contributed by atoms with Crippen molar-refractivity contribution in [3.8, 4) is 0 Å². The first-order chi connectivity index (χ1) is 16.3. The second-order valence-corrected chi connectivity index (χ2v) is 10.5. The van der Waals surface area contributed by atoms with Gasteiger partial charge >= 0.3 is 5.97 Å². The molecule has 0 aromatic carbocycles. The third kappa shape index (κ3) is 29.4. The molecule has 0 aliphatic heterocycles. The summed E-state index contributed by atoms with van der Waals surface area (Å²) >= 11 is 0. The maximum absolute atomic E-state index is 11.5. The molecule has 0 bridgehead atoms. The van der Waals surface area contributed by atoms with Crippen molar-refractivity contribution in [2.75, 3.05) is 6.61 Å². The van der Waals surface area contributed by atoms with Crippen molar-refractivity contribution in [1.82, 2.24) is 0 Å². The highest BCUT2D eigenvalue weighted by atomic mass is 16.5. The molecule has 0 amide bonds. The van der Waals surface area contributed by atoms with Crippen LogP contribution < -0.4 is 0 Å². The molecule has 0 aliphatic rings. The zero-order valence-electron chi connectivity index (χ0n) is 23.1. The van der Waals surface area contributed by atoms with Crippen LogP contribution in [0.2, 0.25) is 0 Å². The van der Waals surface area contributed by atoms with Crippen molar-refractivity contribution >= 4 is 5.97 Å². The summed E-state index contributed by atoms with van der Waals surface area (Å²) in [6.07, 6.45) is 36.3. The van der Waals surface area contributed by atoms with E-state index in [0.717, 1.165) is 25.7 Å². The molecule has 0 heterocycles. The van der Waals surface area contributed by atoms with Crippen LogP contribution in [0.3, 0.4) is 0 Å². The summed E-state index contributed by atoms with van der Waals surface area (Å²) in [7, 11) is 0. The second-order valence-electron chi connectivity index (χ2n) is 10.5. The zero-order valence-corrected chi connectivity index (χ0v) is 23.1. The summed E-state index contributed by atoms with van der Waals surface area (Å²) in [6.45, 7) is 5.09. The van der Waals surface area contributed by atoms with Gasteiger partial charge in [-0.05, 0) is 12.8 Å². The van der Waals surface area contributed by atoms with Gasteiger partial charge in [0.2, 0.25) is 0 Å². The van der Waals surface area contributed by atoms with Gasteiger partial charge < -0.3 is 4.74 Å². The number of hydrogen-bond donors (Lipinski definition) is 0. The molecule has 0 radical (unpaired) electrons. The number of carbonyl (C=O) groups excluding carboxylic acids is 1. The maximum atomic E-state index is 11.5. The summed E-state index contributed by atoms with van der Waals surface area (Å²) in [6, 6.07) is 0. The van der Waals surface area contributed by atoms with Crippen LogP contribution in [-0.4, -0.2) is 12.6 Å². The van der Waals surface area contributed by atoms with Crippen LogP contribution in [-0.2, 0) is 9.53 Å². The van der Waals surface area contributed by atoms with Crippen molar-refractivity contribution in [2.24, 2.45) is 0 Å². The number of hydrogen-bond acceptors (Lipinski definition) is 2. The number of esters is 1. The predicted octanol–water partition coefficient (Wildman–Crippen LogP) is 11.1. The first-order valence-electron chi connectivity index (χ1n) is 15.5. The molecule has 0 saturated carbocycles. The molecule has 2 nitrogen and oxygen atoms in total. The fraction of sp³-hybridized carbons (Fsp3) is 0.968. The molecular weight excluding hydrogens is 404 g/mol. The molecule has 33 heavy (non-hydrogen) atoms. The highest BCUT2D eigenvalue weighted by Gasteiger charge is 2.01. The molecule has 0 spiro atoms. The van der Waals surface area contributed by atoms with Gasteiger partial charge in [-0.25, -0.2) is 0 Å². The molecule has 198 valence electrons. The molecule has 0 saturated heterocycles. The van der Waals surface area contributed by atoms with Gasteiger partial charge in [0.25, 0.3) is 0 Å². The van der Waals surface area contributed by atoms with E-state index < -0.39 is 0 Å². The van der Waals surface area contributed by atoms with Crippen molar-refractivity contribution in [1.29, 1.82) is 0 Å². The highest BCUT2D eigenvalue weighted by molar-refractivity contribution is 5.69. The van der Waals surface area contributed by atoms with Gasteiger partial charge in [0.05, 0.1) is 6.61 Å². The minimum absolute atomic E-state index is 0.00209. The number of unbranched alkanes of at least 4 members (excludes halogenated alkanes) is 24. The van der Waals surface area contributed by atoms with Gasteiger partial charge in [0.15, 0.2) is 0 Å². The Bertz CT molecular complexity index is 366. The van der Waals surface area contributed by atoms with Gasteiger partial charge in [0, 0.05) is 6.42 Å². The van der Waals surface area contributed by atoms with E-state index in [0.29, 0.717) is 13.0 Å². The molecular formula is C31H62O2.